The van der Waals surface area contributed by atoms with Gasteiger partial charge < -0.3 is 10.1 Å². The number of nitrogens with zero attached hydrogens (tertiary/aromatic N) is 1. The number of halogens is 6. The van der Waals surface area contributed by atoms with Crippen LogP contribution < -0.4 is 10.1 Å². The van der Waals surface area contributed by atoms with Gasteiger partial charge in [-0.05, 0) is 36.5 Å². The molecule has 0 unspecified atom stereocenters. The van der Waals surface area contributed by atoms with E-state index in [1.165, 1.54) is 12.1 Å². The predicted octanol–water partition coefficient (Wildman–Crippen LogP) is 5.15. The van der Waals surface area contributed by atoms with Crippen molar-refractivity contribution in [3.63, 3.8) is 0 Å². The fraction of sp³-hybridized carbons (Fsp3) is 0.667. The van der Waals surface area contributed by atoms with E-state index >= 15 is 0 Å². The standard InChI is InChI=1S/C18H26F4N2O.2ClH/c1-13(2)6-7-16(24-10-8-23-9-11-24)14-4-3-5-15(12-14)25-18(21,22)17(19)20;;/h3-5,12-13,16-17,23H,6-11H2,1-2H3;2*1H/t16-;;/m0../s1. The van der Waals surface area contributed by atoms with Crippen molar-refractivity contribution < 1.29 is 22.3 Å². The lowest BCUT2D eigenvalue weighted by Crippen LogP contribution is -2.45. The molecule has 1 aliphatic heterocycles. The molecule has 0 saturated carbocycles. The van der Waals surface area contributed by atoms with E-state index in [9.17, 15) is 17.6 Å². The molecular weight excluding hydrogens is 407 g/mol. The molecule has 1 saturated heterocycles. The Kier molecular flexibility index (Phi) is 11.6. The fourth-order valence-corrected chi connectivity index (χ4v) is 3.03. The molecule has 0 aliphatic carbocycles. The summed E-state index contributed by atoms with van der Waals surface area (Å²) in [4.78, 5) is 2.31. The SMILES string of the molecule is CC(C)CC[C@@H](c1cccc(OC(F)(F)C(F)F)c1)N1CCNCC1.Cl.Cl. The van der Waals surface area contributed by atoms with Gasteiger partial charge in [0, 0.05) is 32.2 Å². The second-order valence-electron chi connectivity index (χ2n) is 6.81. The van der Waals surface area contributed by atoms with Gasteiger partial charge in [0.05, 0.1) is 0 Å². The van der Waals surface area contributed by atoms with Gasteiger partial charge in [-0.15, -0.1) is 24.8 Å². The molecule has 0 spiro atoms. The van der Waals surface area contributed by atoms with E-state index < -0.39 is 12.5 Å². The van der Waals surface area contributed by atoms with Crippen LogP contribution in [0, 0.1) is 5.92 Å². The number of nitrogens with one attached hydrogen (secondary N) is 1. The van der Waals surface area contributed by atoms with Crippen LogP contribution >= 0.6 is 24.8 Å². The van der Waals surface area contributed by atoms with Gasteiger partial charge in [0.15, 0.2) is 0 Å². The number of alkyl halides is 4. The molecule has 27 heavy (non-hydrogen) atoms. The maximum absolute atomic E-state index is 13.2. The fourth-order valence-electron chi connectivity index (χ4n) is 3.03. The minimum Gasteiger partial charge on any atom is -0.428 e. The number of piperazine rings is 1. The van der Waals surface area contributed by atoms with Gasteiger partial charge >= 0.3 is 12.5 Å². The van der Waals surface area contributed by atoms with Crippen LogP contribution in [-0.2, 0) is 0 Å². The quantitative estimate of drug-likeness (QED) is 0.572. The number of rotatable bonds is 8. The molecule has 1 heterocycles. The molecule has 1 atom stereocenters. The first-order valence-corrected chi connectivity index (χ1v) is 8.69. The lowest BCUT2D eigenvalue weighted by Gasteiger charge is -2.36. The van der Waals surface area contributed by atoms with E-state index in [0.29, 0.717) is 5.92 Å². The van der Waals surface area contributed by atoms with Gasteiger partial charge in [-0.3, -0.25) is 4.90 Å². The first-order chi connectivity index (χ1) is 11.8. The molecule has 0 bridgehead atoms. The van der Waals surface area contributed by atoms with Crippen LogP contribution in [-0.4, -0.2) is 43.6 Å². The van der Waals surface area contributed by atoms with Crippen molar-refractivity contribution in [2.45, 2.75) is 45.3 Å². The third-order valence-electron chi connectivity index (χ3n) is 4.36. The maximum Gasteiger partial charge on any atom is 0.461 e. The highest BCUT2D eigenvalue weighted by molar-refractivity contribution is 5.85. The van der Waals surface area contributed by atoms with Crippen molar-refractivity contribution in [3.8, 4) is 5.75 Å². The summed E-state index contributed by atoms with van der Waals surface area (Å²) >= 11 is 0. The molecule has 1 fully saturated rings. The number of hydrogen-bond donors (Lipinski definition) is 1. The highest BCUT2D eigenvalue weighted by Crippen LogP contribution is 2.32. The van der Waals surface area contributed by atoms with Crippen molar-refractivity contribution in [3.05, 3.63) is 29.8 Å². The van der Waals surface area contributed by atoms with Crippen LogP contribution in [0.3, 0.4) is 0 Å². The molecule has 1 N–H and O–H groups in total. The lowest BCUT2D eigenvalue weighted by molar-refractivity contribution is -0.253. The second-order valence-corrected chi connectivity index (χ2v) is 6.81. The summed E-state index contributed by atoms with van der Waals surface area (Å²) in [6.45, 7) is 7.74. The maximum atomic E-state index is 13.2. The van der Waals surface area contributed by atoms with Crippen LogP contribution in [0.25, 0.3) is 0 Å². The average molecular weight is 435 g/mol. The Balaban J connectivity index is 0.00000338. The summed E-state index contributed by atoms with van der Waals surface area (Å²) in [5, 5.41) is 3.29. The zero-order valence-corrected chi connectivity index (χ0v) is 17.1. The highest BCUT2D eigenvalue weighted by Gasteiger charge is 2.44. The monoisotopic (exact) mass is 434 g/mol. The number of hydrogen-bond acceptors (Lipinski definition) is 3. The van der Waals surface area contributed by atoms with Crippen LogP contribution in [0.1, 0.15) is 38.3 Å². The summed E-state index contributed by atoms with van der Waals surface area (Å²) in [6.07, 6.45) is -6.47. The van der Waals surface area contributed by atoms with Crippen molar-refractivity contribution in [2.24, 2.45) is 5.92 Å². The molecule has 1 aromatic carbocycles. The van der Waals surface area contributed by atoms with E-state index in [1.54, 1.807) is 6.07 Å². The smallest absolute Gasteiger partial charge is 0.428 e. The number of benzene rings is 1. The zero-order chi connectivity index (χ0) is 18.4. The van der Waals surface area contributed by atoms with E-state index in [-0.39, 0.29) is 36.6 Å². The molecule has 3 nitrogen and oxygen atoms in total. The van der Waals surface area contributed by atoms with E-state index in [4.69, 9.17) is 0 Å². The van der Waals surface area contributed by atoms with Gasteiger partial charge in [0.25, 0.3) is 0 Å². The van der Waals surface area contributed by atoms with Crippen molar-refractivity contribution >= 4 is 24.8 Å². The van der Waals surface area contributed by atoms with Crippen LogP contribution in [0.4, 0.5) is 17.6 Å². The van der Waals surface area contributed by atoms with E-state index in [0.717, 1.165) is 44.6 Å². The Morgan fingerprint density at radius 2 is 1.74 bits per heavy atom. The number of ether oxygens (including phenoxy) is 1. The molecule has 0 amide bonds. The Bertz CT molecular complexity index is 544. The Morgan fingerprint density at radius 3 is 2.30 bits per heavy atom. The van der Waals surface area contributed by atoms with E-state index in [2.05, 4.69) is 28.8 Å². The molecule has 1 aromatic rings. The summed E-state index contributed by atoms with van der Waals surface area (Å²) in [5.74, 6) is 0.292. The van der Waals surface area contributed by atoms with Gasteiger partial charge in [0.1, 0.15) is 5.75 Å². The molecular formula is C18H28Cl2F4N2O. The molecule has 2 rings (SSSR count). The Hall–Kier alpha value is -0.760. The average Bonchev–Trinajstić information content (AvgIpc) is 2.55. The normalized spacial score (nSPS) is 16.6. The topological polar surface area (TPSA) is 24.5 Å². The third kappa shape index (κ3) is 8.02. The predicted molar refractivity (Wildman–Crippen MR) is 104 cm³/mol. The van der Waals surface area contributed by atoms with E-state index in [1.807, 2.05) is 6.07 Å². The third-order valence-corrected chi connectivity index (χ3v) is 4.36. The summed E-state index contributed by atoms with van der Waals surface area (Å²) in [6, 6.07) is 6.24. The van der Waals surface area contributed by atoms with Crippen molar-refractivity contribution in [1.82, 2.24) is 10.2 Å². The minimum atomic E-state index is -4.49. The molecule has 1 aliphatic rings. The lowest BCUT2D eigenvalue weighted by atomic mass is 9.95. The van der Waals surface area contributed by atoms with Gasteiger partial charge in [0.2, 0.25) is 0 Å². The molecule has 0 radical (unpaired) electrons. The first-order valence-electron chi connectivity index (χ1n) is 8.69. The summed E-state index contributed by atoms with van der Waals surface area (Å²) in [7, 11) is 0. The minimum absolute atomic E-state index is 0. The Morgan fingerprint density at radius 1 is 1.11 bits per heavy atom. The van der Waals surface area contributed by atoms with Crippen LogP contribution in [0.2, 0.25) is 0 Å². The summed E-state index contributed by atoms with van der Waals surface area (Å²) < 4.78 is 55.4. The first kappa shape index (κ1) is 26.2. The van der Waals surface area contributed by atoms with Gasteiger partial charge in [-0.1, -0.05) is 26.0 Å². The van der Waals surface area contributed by atoms with Crippen molar-refractivity contribution in [2.75, 3.05) is 26.2 Å². The summed E-state index contributed by atoms with van der Waals surface area (Å²) in [5.41, 5.74) is 0.824. The van der Waals surface area contributed by atoms with Gasteiger partial charge in [-0.2, -0.15) is 17.6 Å². The molecule has 9 heteroatoms. The van der Waals surface area contributed by atoms with Gasteiger partial charge in [-0.25, -0.2) is 0 Å². The van der Waals surface area contributed by atoms with Crippen LogP contribution in [0.15, 0.2) is 24.3 Å². The van der Waals surface area contributed by atoms with Crippen LogP contribution in [0.5, 0.6) is 5.75 Å². The van der Waals surface area contributed by atoms with Crippen molar-refractivity contribution in [1.29, 1.82) is 0 Å². The largest absolute Gasteiger partial charge is 0.461 e. The second kappa shape index (κ2) is 11.9. The Labute approximate surface area is 170 Å². The molecule has 158 valence electrons. The molecule has 0 aromatic heterocycles. The highest BCUT2D eigenvalue weighted by atomic mass is 35.5. The zero-order valence-electron chi connectivity index (χ0n) is 15.5.